The number of nitrogens with zero attached hydrogens (tertiary/aromatic N) is 1. The molecule has 1 N–H and O–H groups in total. The fraction of sp³-hybridized carbons (Fsp3) is 0.571. The second kappa shape index (κ2) is 5.50. The maximum atomic E-state index is 13.9. The van der Waals surface area contributed by atoms with Crippen LogP contribution in [-0.4, -0.2) is 18.2 Å². The molecule has 0 spiro atoms. The lowest BCUT2D eigenvalue weighted by Crippen LogP contribution is -2.36. The lowest BCUT2D eigenvalue weighted by atomic mass is 9.94. The van der Waals surface area contributed by atoms with E-state index in [-0.39, 0.29) is 12.4 Å². The molecule has 94 valence electrons. The summed E-state index contributed by atoms with van der Waals surface area (Å²) >= 11 is 0. The molecule has 2 rings (SSSR count). The molecule has 0 aromatic heterocycles. The Morgan fingerprint density at radius 3 is 3.00 bits per heavy atom. The normalized spacial score (nSPS) is 20.6. The molecule has 0 amide bonds. The highest BCUT2D eigenvalue weighted by Crippen LogP contribution is 2.30. The zero-order valence-electron chi connectivity index (χ0n) is 10.3. The lowest BCUT2D eigenvalue weighted by Gasteiger charge is -2.35. The number of aliphatic hydroxyl groups excluding tert-OH is 1. The minimum Gasteiger partial charge on any atom is -0.392 e. The Kier molecular flexibility index (Phi) is 4.00. The van der Waals surface area contributed by atoms with E-state index < -0.39 is 0 Å². The summed E-state index contributed by atoms with van der Waals surface area (Å²) in [6.45, 7) is 3.89. The van der Waals surface area contributed by atoms with Crippen LogP contribution in [0.2, 0.25) is 0 Å². The Bertz CT molecular complexity index is 380. The van der Waals surface area contributed by atoms with E-state index in [1.54, 1.807) is 12.1 Å². The first kappa shape index (κ1) is 12.4. The molecule has 1 saturated heterocycles. The van der Waals surface area contributed by atoms with Crippen LogP contribution in [0.3, 0.4) is 0 Å². The average Bonchev–Trinajstić information content (AvgIpc) is 2.38. The van der Waals surface area contributed by atoms with Gasteiger partial charge in [0.1, 0.15) is 5.82 Å². The fourth-order valence-electron chi connectivity index (χ4n) is 2.64. The van der Waals surface area contributed by atoms with Crippen LogP contribution in [0.1, 0.15) is 31.7 Å². The second-order valence-corrected chi connectivity index (χ2v) is 4.77. The van der Waals surface area contributed by atoms with Crippen LogP contribution in [0.4, 0.5) is 10.1 Å². The maximum absolute atomic E-state index is 13.9. The van der Waals surface area contributed by atoms with Crippen molar-refractivity contribution < 1.29 is 9.50 Å². The maximum Gasteiger partial charge on any atom is 0.146 e. The van der Waals surface area contributed by atoms with Crippen molar-refractivity contribution in [1.82, 2.24) is 0 Å². The van der Waals surface area contributed by atoms with Gasteiger partial charge in [0, 0.05) is 18.7 Å². The van der Waals surface area contributed by atoms with Crippen LogP contribution in [0.25, 0.3) is 0 Å². The summed E-state index contributed by atoms with van der Waals surface area (Å²) in [5, 5.41) is 9.30. The van der Waals surface area contributed by atoms with Gasteiger partial charge in [0.25, 0.3) is 0 Å². The summed E-state index contributed by atoms with van der Waals surface area (Å²) in [6.07, 6.45) is 3.48. The van der Waals surface area contributed by atoms with Gasteiger partial charge in [-0.3, -0.25) is 0 Å². The molecule has 1 aromatic carbocycles. The van der Waals surface area contributed by atoms with E-state index in [1.165, 1.54) is 12.5 Å². The molecule has 1 aliphatic rings. The summed E-state index contributed by atoms with van der Waals surface area (Å²) < 4.78 is 13.9. The van der Waals surface area contributed by atoms with Crippen molar-refractivity contribution in [2.45, 2.75) is 32.8 Å². The van der Waals surface area contributed by atoms with E-state index in [2.05, 4.69) is 11.8 Å². The summed E-state index contributed by atoms with van der Waals surface area (Å²) in [6, 6.07) is 4.93. The lowest BCUT2D eigenvalue weighted by molar-refractivity contribution is 0.280. The van der Waals surface area contributed by atoms with Gasteiger partial charge in [-0.2, -0.15) is 0 Å². The molecule has 0 bridgehead atoms. The van der Waals surface area contributed by atoms with Crippen molar-refractivity contribution in [3.05, 3.63) is 29.6 Å². The highest BCUT2D eigenvalue weighted by Gasteiger charge is 2.22. The van der Waals surface area contributed by atoms with Gasteiger partial charge in [-0.15, -0.1) is 0 Å². The Morgan fingerprint density at radius 2 is 2.29 bits per heavy atom. The number of aliphatic hydroxyl groups is 1. The van der Waals surface area contributed by atoms with Crippen molar-refractivity contribution >= 4 is 5.69 Å². The van der Waals surface area contributed by atoms with Gasteiger partial charge in [0.05, 0.1) is 12.3 Å². The number of para-hydroxylation sites is 1. The summed E-state index contributed by atoms with van der Waals surface area (Å²) in [5.41, 5.74) is 1.30. The topological polar surface area (TPSA) is 23.5 Å². The van der Waals surface area contributed by atoms with E-state index in [9.17, 15) is 9.50 Å². The molecule has 0 aliphatic carbocycles. The van der Waals surface area contributed by atoms with Crippen molar-refractivity contribution in [3.63, 3.8) is 0 Å². The Balaban J connectivity index is 2.26. The van der Waals surface area contributed by atoms with Gasteiger partial charge in [0.2, 0.25) is 0 Å². The first-order chi connectivity index (χ1) is 8.26. The number of piperidine rings is 1. The second-order valence-electron chi connectivity index (χ2n) is 4.77. The third-order valence-corrected chi connectivity index (χ3v) is 3.65. The third-order valence-electron chi connectivity index (χ3n) is 3.65. The average molecular weight is 237 g/mol. The number of hydrogen-bond donors (Lipinski definition) is 1. The fourth-order valence-corrected chi connectivity index (χ4v) is 2.64. The van der Waals surface area contributed by atoms with Gasteiger partial charge in [-0.05, 0) is 24.8 Å². The molecular formula is C14H20FNO. The van der Waals surface area contributed by atoms with Crippen LogP contribution in [0.5, 0.6) is 0 Å². The molecule has 3 heteroatoms. The molecule has 1 aromatic rings. The van der Waals surface area contributed by atoms with Crippen LogP contribution < -0.4 is 4.90 Å². The number of halogens is 1. The number of hydrogen-bond acceptors (Lipinski definition) is 2. The molecular weight excluding hydrogens is 217 g/mol. The van der Waals surface area contributed by atoms with E-state index in [0.717, 1.165) is 25.9 Å². The summed E-state index contributed by atoms with van der Waals surface area (Å²) in [5.74, 6) is 0.434. The molecule has 1 fully saturated rings. The molecule has 1 unspecified atom stereocenters. The molecule has 1 aliphatic heterocycles. The zero-order chi connectivity index (χ0) is 12.3. The van der Waals surface area contributed by atoms with E-state index in [4.69, 9.17) is 0 Å². The predicted octanol–water partition coefficient (Wildman–Crippen LogP) is 2.94. The van der Waals surface area contributed by atoms with Gasteiger partial charge < -0.3 is 10.0 Å². The predicted molar refractivity (Wildman–Crippen MR) is 67.6 cm³/mol. The van der Waals surface area contributed by atoms with E-state index in [0.29, 0.717) is 17.2 Å². The van der Waals surface area contributed by atoms with Crippen LogP contribution in [0, 0.1) is 11.7 Å². The van der Waals surface area contributed by atoms with Crippen molar-refractivity contribution in [2.24, 2.45) is 5.92 Å². The molecule has 0 saturated carbocycles. The molecule has 17 heavy (non-hydrogen) atoms. The molecule has 1 heterocycles. The monoisotopic (exact) mass is 237 g/mol. The van der Waals surface area contributed by atoms with Gasteiger partial charge in [-0.1, -0.05) is 25.5 Å². The largest absolute Gasteiger partial charge is 0.392 e. The van der Waals surface area contributed by atoms with E-state index >= 15 is 0 Å². The minimum atomic E-state index is -0.215. The number of rotatable bonds is 3. The van der Waals surface area contributed by atoms with E-state index in [1.807, 2.05) is 0 Å². The first-order valence-corrected chi connectivity index (χ1v) is 6.39. The van der Waals surface area contributed by atoms with Crippen molar-refractivity contribution in [3.8, 4) is 0 Å². The summed E-state index contributed by atoms with van der Waals surface area (Å²) in [7, 11) is 0. The van der Waals surface area contributed by atoms with Crippen LogP contribution in [0.15, 0.2) is 18.2 Å². The minimum absolute atomic E-state index is 0.0968. The zero-order valence-corrected chi connectivity index (χ0v) is 10.3. The standard InChI is InChI=1S/C14H20FNO/c1-2-11-5-4-8-16(9-11)14-12(10-17)6-3-7-13(14)15/h3,6-7,11,17H,2,4-5,8-10H2,1H3. The van der Waals surface area contributed by atoms with Crippen LogP contribution >= 0.6 is 0 Å². The van der Waals surface area contributed by atoms with Gasteiger partial charge in [-0.25, -0.2) is 4.39 Å². The molecule has 2 nitrogen and oxygen atoms in total. The Labute approximate surface area is 102 Å². The van der Waals surface area contributed by atoms with Crippen LogP contribution in [-0.2, 0) is 6.61 Å². The Morgan fingerprint density at radius 1 is 1.47 bits per heavy atom. The number of benzene rings is 1. The SMILES string of the molecule is CCC1CCCN(c2c(F)cccc2CO)C1. The highest BCUT2D eigenvalue weighted by atomic mass is 19.1. The molecule has 1 atom stereocenters. The first-order valence-electron chi connectivity index (χ1n) is 6.39. The molecule has 0 radical (unpaired) electrons. The van der Waals surface area contributed by atoms with Crippen molar-refractivity contribution in [1.29, 1.82) is 0 Å². The van der Waals surface area contributed by atoms with Gasteiger partial charge >= 0.3 is 0 Å². The quantitative estimate of drug-likeness (QED) is 0.873. The smallest absolute Gasteiger partial charge is 0.146 e. The van der Waals surface area contributed by atoms with Gasteiger partial charge in [0.15, 0.2) is 0 Å². The van der Waals surface area contributed by atoms with Crippen molar-refractivity contribution in [2.75, 3.05) is 18.0 Å². The Hall–Kier alpha value is -1.09. The highest BCUT2D eigenvalue weighted by molar-refractivity contribution is 5.55. The third kappa shape index (κ3) is 2.60. The summed E-state index contributed by atoms with van der Waals surface area (Å²) in [4.78, 5) is 2.10. The number of anilines is 1.